The first-order valence-corrected chi connectivity index (χ1v) is 10.6. The summed E-state index contributed by atoms with van der Waals surface area (Å²) in [5.41, 5.74) is 0.429. The Kier molecular flexibility index (Phi) is 7.54. The predicted molar refractivity (Wildman–Crippen MR) is 116 cm³/mol. The summed E-state index contributed by atoms with van der Waals surface area (Å²) in [5, 5.41) is 12.3. The summed E-state index contributed by atoms with van der Waals surface area (Å²) in [7, 11) is 0. The van der Waals surface area contributed by atoms with Crippen molar-refractivity contribution >= 4 is 69.8 Å². The van der Waals surface area contributed by atoms with E-state index in [0.29, 0.717) is 26.5 Å². The van der Waals surface area contributed by atoms with Gasteiger partial charge >= 0.3 is 0 Å². The molecule has 3 aromatic rings. The molecule has 0 saturated carbocycles. The van der Waals surface area contributed by atoms with Crippen LogP contribution < -0.4 is 10.1 Å². The van der Waals surface area contributed by atoms with Crippen LogP contribution in [0.25, 0.3) is 0 Å². The van der Waals surface area contributed by atoms with Gasteiger partial charge in [0.15, 0.2) is 6.10 Å². The standard InChI is InChI=1S/C18H13Cl4N3O3S/c1-9(27-14-6-5-10(19)7-12(14)21)17-24-25-18(28-17)29-8-15(26)23-13-4-2-3-11(20)16(13)22/h2-7,9H,8H2,1H3,(H,23,26)/t9-/m0/s1. The zero-order valence-corrected chi connectivity index (χ0v) is 18.6. The highest BCUT2D eigenvalue weighted by atomic mass is 35.5. The highest BCUT2D eigenvalue weighted by molar-refractivity contribution is 7.99. The minimum atomic E-state index is -0.547. The van der Waals surface area contributed by atoms with Crippen molar-refractivity contribution in [3.05, 3.63) is 62.4 Å². The molecule has 0 spiro atoms. The largest absolute Gasteiger partial charge is 0.479 e. The van der Waals surface area contributed by atoms with Crippen LogP contribution in [0.1, 0.15) is 18.9 Å². The Bertz CT molecular complexity index is 1030. The van der Waals surface area contributed by atoms with E-state index in [-0.39, 0.29) is 27.8 Å². The predicted octanol–water partition coefficient (Wildman–Crippen LogP) is 6.55. The van der Waals surface area contributed by atoms with Gasteiger partial charge in [0.25, 0.3) is 11.1 Å². The SMILES string of the molecule is C[C@H](Oc1ccc(Cl)cc1Cl)c1nnc(SCC(=O)Nc2cccc(Cl)c2Cl)o1. The van der Waals surface area contributed by atoms with Gasteiger partial charge in [-0.15, -0.1) is 10.2 Å². The number of ether oxygens (including phenoxy) is 1. The van der Waals surface area contributed by atoms with E-state index in [2.05, 4.69) is 15.5 Å². The van der Waals surface area contributed by atoms with Crippen molar-refractivity contribution in [2.75, 3.05) is 11.1 Å². The maximum atomic E-state index is 12.1. The molecule has 0 bridgehead atoms. The smallest absolute Gasteiger partial charge is 0.277 e. The zero-order chi connectivity index (χ0) is 21.0. The molecule has 1 aromatic heterocycles. The number of nitrogens with one attached hydrogen (secondary N) is 1. The highest BCUT2D eigenvalue weighted by Gasteiger charge is 2.18. The second-order valence-corrected chi connectivity index (χ2v) is 8.23. The first-order chi connectivity index (χ1) is 13.8. The summed E-state index contributed by atoms with van der Waals surface area (Å²) < 4.78 is 11.3. The van der Waals surface area contributed by atoms with Crippen LogP contribution >= 0.6 is 58.2 Å². The van der Waals surface area contributed by atoms with Crippen molar-refractivity contribution in [2.24, 2.45) is 0 Å². The molecule has 11 heteroatoms. The number of anilines is 1. The number of halogens is 4. The molecule has 1 amide bonds. The topological polar surface area (TPSA) is 77.2 Å². The fraction of sp³-hybridized carbons (Fsp3) is 0.167. The maximum absolute atomic E-state index is 12.1. The Labute approximate surface area is 190 Å². The molecular formula is C18H13Cl4N3O3S. The van der Waals surface area contributed by atoms with Crippen LogP contribution in [-0.4, -0.2) is 21.9 Å². The fourth-order valence-corrected chi connectivity index (χ4v) is 3.54. The van der Waals surface area contributed by atoms with Gasteiger partial charge in [-0.3, -0.25) is 4.79 Å². The molecule has 0 saturated heterocycles. The van der Waals surface area contributed by atoms with E-state index >= 15 is 0 Å². The monoisotopic (exact) mass is 491 g/mol. The Morgan fingerprint density at radius 1 is 1.17 bits per heavy atom. The van der Waals surface area contributed by atoms with Crippen molar-refractivity contribution in [3.63, 3.8) is 0 Å². The lowest BCUT2D eigenvalue weighted by molar-refractivity contribution is -0.113. The van der Waals surface area contributed by atoms with Crippen molar-refractivity contribution in [1.29, 1.82) is 0 Å². The Morgan fingerprint density at radius 2 is 1.97 bits per heavy atom. The van der Waals surface area contributed by atoms with Gasteiger partial charge in [0, 0.05) is 5.02 Å². The third-order valence-corrected chi connectivity index (χ3v) is 5.69. The van der Waals surface area contributed by atoms with E-state index in [1.165, 1.54) is 0 Å². The second kappa shape index (κ2) is 9.91. The first kappa shape index (κ1) is 22.1. The molecule has 0 radical (unpaired) electrons. The molecule has 3 rings (SSSR count). The summed E-state index contributed by atoms with van der Waals surface area (Å²) in [4.78, 5) is 12.1. The average Bonchev–Trinajstić information content (AvgIpc) is 3.15. The molecule has 0 fully saturated rings. The molecule has 0 aliphatic heterocycles. The van der Waals surface area contributed by atoms with Gasteiger partial charge in [-0.05, 0) is 37.3 Å². The van der Waals surface area contributed by atoms with Crippen LogP contribution in [0.15, 0.2) is 46.0 Å². The lowest BCUT2D eigenvalue weighted by Crippen LogP contribution is -2.14. The van der Waals surface area contributed by atoms with Crippen molar-refractivity contribution < 1.29 is 13.9 Å². The lowest BCUT2D eigenvalue weighted by Gasteiger charge is -2.12. The van der Waals surface area contributed by atoms with Crippen LogP contribution in [0, 0.1) is 0 Å². The molecule has 1 N–H and O–H groups in total. The van der Waals surface area contributed by atoms with Gasteiger partial charge in [-0.1, -0.05) is 64.2 Å². The number of carbonyl (C=O) groups is 1. The van der Waals surface area contributed by atoms with Crippen molar-refractivity contribution in [3.8, 4) is 5.75 Å². The summed E-state index contributed by atoms with van der Waals surface area (Å²) in [6.07, 6.45) is -0.547. The maximum Gasteiger partial charge on any atom is 0.277 e. The van der Waals surface area contributed by atoms with Gasteiger partial charge in [-0.25, -0.2) is 0 Å². The Hall–Kier alpha value is -1.64. The third kappa shape index (κ3) is 5.93. The molecule has 29 heavy (non-hydrogen) atoms. The fourth-order valence-electron chi connectivity index (χ4n) is 2.17. The molecule has 2 aromatic carbocycles. The number of hydrogen-bond donors (Lipinski definition) is 1. The van der Waals surface area contributed by atoms with Crippen LogP contribution in [-0.2, 0) is 4.79 Å². The normalized spacial score (nSPS) is 11.9. The van der Waals surface area contributed by atoms with Gasteiger partial charge in [0.2, 0.25) is 5.91 Å². The summed E-state index contributed by atoms with van der Waals surface area (Å²) in [6, 6.07) is 9.87. The van der Waals surface area contributed by atoms with Crippen LogP contribution in [0.3, 0.4) is 0 Å². The number of nitrogens with zero attached hydrogens (tertiary/aromatic N) is 2. The molecule has 152 valence electrons. The third-order valence-electron chi connectivity index (χ3n) is 3.52. The highest BCUT2D eigenvalue weighted by Crippen LogP contribution is 2.32. The van der Waals surface area contributed by atoms with E-state index in [0.717, 1.165) is 11.8 Å². The van der Waals surface area contributed by atoms with E-state index in [1.807, 2.05) is 0 Å². The molecule has 0 aliphatic carbocycles. The second-order valence-electron chi connectivity index (χ2n) is 5.68. The molecule has 0 unspecified atom stereocenters. The number of benzene rings is 2. The molecule has 6 nitrogen and oxygen atoms in total. The van der Waals surface area contributed by atoms with Gasteiger partial charge in [0.1, 0.15) is 5.75 Å². The van der Waals surface area contributed by atoms with Crippen LogP contribution in [0.4, 0.5) is 5.69 Å². The van der Waals surface area contributed by atoms with Gasteiger partial charge in [0.05, 0.1) is 26.5 Å². The molecule has 1 heterocycles. The Morgan fingerprint density at radius 3 is 2.72 bits per heavy atom. The van der Waals surface area contributed by atoms with Gasteiger partial charge < -0.3 is 14.5 Å². The minimum Gasteiger partial charge on any atom is -0.479 e. The Balaban J connectivity index is 1.55. The summed E-state index contributed by atoms with van der Waals surface area (Å²) in [6.45, 7) is 1.74. The number of thioether (sulfide) groups is 1. The summed E-state index contributed by atoms with van der Waals surface area (Å²) in [5.74, 6) is 0.435. The van der Waals surface area contributed by atoms with E-state index in [1.54, 1.807) is 43.3 Å². The number of carbonyl (C=O) groups excluding carboxylic acids is 1. The average molecular weight is 493 g/mol. The minimum absolute atomic E-state index is 0.0444. The number of rotatable bonds is 7. The molecule has 1 atom stereocenters. The quantitative estimate of drug-likeness (QED) is 0.376. The van der Waals surface area contributed by atoms with Crippen molar-refractivity contribution in [2.45, 2.75) is 18.3 Å². The van der Waals surface area contributed by atoms with E-state index in [4.69, 9.17) is 55.6 Å². The van der Waals surface area contributed by atoms with E-state index < -0.39 is 6.10 Å². The number of amides is 1. The molecular weight excluding hydrogens is 480 g/mol. The zero-order valence-electron chi connectivity index (χ0n) is 14.8. The van der Waals surface area contributed by atoms with Crippen molar-refractivity contribution in [1.82, 2.24) is 10.2 Å². The molecule has 0 aliphatic rings. The first-order valence-electron chi connectivity index (χ1n) is 8.15. The van der Waals surface area contributed by atoms with Crippen LogP contribution in [0.2, 0.25) is 20.1 Å². The van der Waals surface area contributed by atoms with Crippen LogP contribution in [0.5, 0.6) is 5.75 Å². The number of hydrogen-bond acceptors (Lipinski definition) is 6. The lowest BCUT2D eigenvalue weighted by atomic mass is 10.3. The van der Waals surface area contributed by atoms with E-state index in [9.17, 15) is 4.79 Å². The van der Waals surface area contributed by atoms with Gasteiger partial charge in [-0.2, -0.15) is 0 Å². The summed E-state index contributed by atoms with van der Waals surface area (Å²) >= 11 is 25.0. The number of aromatic nitrogens is 2.